The van der Waals surface area contributed by atoms with E-state index < -0.39 is 0 Å². The smallest absolute Gasteiger partial charge is 0.261 e. The number of hydrogen-bond donors (Lipinski definition) is 1. The lowest BCUT2D eigenvalue weighted by Crippen LogP contribution is -2.44. The molecule has 1 aromatic heterocycles. The number of rotatable bonds is 4. The van der Waals surface area contributed by atoms with Gasteiger partial charge in [0.05, 0.1) is 17.7 Å². The number of nitrogens with one attached hydrogen (secondary N) is 1. The van der Waals surface area contributed by atoms with Crippen molar-refractivity contribution in [2.24, 2.45) is 0 Å². The number of hydrogen-bond acceptors (Lipinski definition) is 6. The van der Waals surface area contributed by atoms with Crippen molar-refractivity contribution in [1.82, 2.24) is 20.4 Å². The van der Waals surface area contributed by atoms with Gasteiger partial charge in [0.25, 0.3) is 5.89 Å². The first-order valence-electron chi connectivity index (χ1n) is 8.92. The highest BCUT2D eigenvalue weighted by molar-refractivity contribution is 6.30. The maximum absolute atomic E-state index is 6.20. The SMILES string of the molecule is CN1CCNCC1c1noc(-c2cc(Cl)ccc2OC2CCCC2)n1.Cl. The molecule has 1 aromatic carbocycles. The van der Waals surface area contributed by atoms with Gasteiger partial charge < -0.3 is 14.6 Å². The zero-order chi connectivity index (χ0) is 17.2. The molecule has 0 amide bonds. The van der Waals surface area contributed by atoms with E-state index in [0.717, 1.165) is 43.8 Å². The molecule has 1 unspecified atom stereocenters. The van der Waals surface area contributed by atoms with Crippen molar-refractivity contribution in [1.29, 1.82) is 0 Å². The van der Waals surface area contributed by atoms with Crippen molar-refractivity contribution in [2.75, 3.05) is 26.7 Å². The van der Waals surface area contributed by atoms with Crippen LogP contribution in [0.2, 0.25) is 5.02 Å². The molecule has 2 aromatic rings. The van der Waals surface area contributed by atoms with Gasteiger partial charge in [-0.1, -0.05) is 16.8 Å². The standard InChI is InChI=1S/C18H23ClN4O2.ClH/c1-23-9-8-20-11-15(23)17-21-18(25-22-17)14-10-12(19)6-7-16(14)24-13-4-2-3-5-13;/h6-7,10,13,15,20H,2-5,8-9,11H2,1H3;1H. The van der Waals surface area contributed by atoms with E-state index in [2.05, 4.69) is 27.4 Å². The van der Waals surface area contributed by atoms with Gasteiger partial charge in [-0.3, -0.25) is 4.90 Å². The summed E-state index contributed by atoms with van der Waals surface area (Å²) in [6, 6.07) is 5.69. The summed E-state index contributed by atoms with van der Waals surface area (Å²) in [5, 5.41) is 8.20. The number of ether oxygens (including phenoxy) is 1. The van der Waals surface area contributed by atoms with Crippen LogP contribution in [0.15, 0.2) is 22.7 Å². The summed E-state index contributed by atoms with van der Waals surface area (Å²) in [5.41, 5.74) is 0.768. The van der Waals surface area contributed by atoms with Crippen LogP contribution in [0, 0.1) is 0 Å². The molecule has 1 aliphatic carbocycles. The summed E-state index contributed by atoms with van der Waals surface area (Å²) < 4.78 is 11.7. The molecule has 0 spiro atoms. The third-order valence-electron chi connectivity index (χ3n) is 5.02. The Balaban J connectivity index is 0.00000196. The molecule has 1 N–H and O–H groups in total. The number of benzene rings is 1. The molecule has 1 saturated heterocycles. The number of nitrogens with zero attached hydrogens (tertiary/aromatic N) is 3. The zero-order valence-electron chi connectivity index (χ0n) is 14.8. The van der Waals surface area contributed by atoms with E-state index in [9.17, 15) is 0 Å². The average molecular weight is 399 g/mol. The fraction of sp³-hybridized carbons (Fsp3) is 0.556. The molecule has 1 saturated carbocycles. The summed E-state index contributed by atoms with van der Waals surface area (Å²) >= 11 is 6.20. The van der Waals surface area contributed by atoms with Gasteiger partial charge in [0.1, 0.15) is 5.75 Å². The van der Waals surface area contributed by atoms with Crippen molar-refractivity contribution in [3.05, 3.63) is 29.0 Å². The molecular formula is C18H24Cl2N4O2. The van der Waals surface area contributed by atoms with Crippen molar-refractivity contribution in [3.63, 3.8) is 0 Å². The molecule has 1 atom stereocenters. The van der Waals surface area contributed by atoms with Crippen LogP contribution in [0.1, 0.15) is 37.5 Å². The van der Waals surface area contributed by atoms with Crippen LogP contribution in [0.4, 0.5) is 0 Å². The second kappa shape index (κ2) is 8.57. The van der Waals surface area contributed by atoms with Crippen LogP contribution in [-0.4, -0.2) is 47.8 Å². The molecule has 2 fully saturated rings. The summed E-state index contributed by atoms with van der Waals surface area (Å²) in [6.07, 6.45) is 4.89. The molecule has 0 bridgehead atoms. The molecule has 6 nitrogen and oxygen atoms in total. The normalized spacial score (nSPS) is 21.5. The highest BCUT2D eigenvalue weighted by atomic mass is 35.5. The van der Waals surface area contributed by atoms with Gasteiger partial charge >= 0.3 is 0 Å². The Kier molecular flexibility index (Phi) is 6.40. The Bertz CT molecular complexity index is 734. The quantitative estimate of drug-likeness (QED) is 0.846. The van der Waals surface area contributed by atoms with Crippen LogP contribution in [0.25, 0.3) is 11.5 Å². The second-order valence-electron chi connectivity index (χ2n) is 6.82. The molecule has 4 rings (SSSR count). The van der Waals surface area contributed by atoms with Crippen LogP contribution >= 0.6 is 24.0 Å². The Morgan fingerprint density at radius 3 is 2.88 bits per heavy atom. The highest BCUT2D eigenvalue weighted by Gasteiger charge is 2.27. The van der Waals surface area contributed by atoms with Gasteiger partial charge in [-0.2, -0.15) is 4.98 Å². The van der Waals surface area contributed by atoms with Gasteiger partial charge in [0.15, 0.2) is 5.82 Å². The van der Waals surface area contributed by atoms with Gasteiger partial charge in [-0.05, 0) is 50.9 Å². The fourth-order valence-electron chi connectivity index (χ4n) is 3.53. The summed E-state index contributed by atoms with van der Waals surface area (Å²) in [4.78, 5) is 6.87. The topological polar surface area (TPSA) is 63.4 Å². The lowest BCUT2D eigenvalue weighted by molar-refractivity contribution is 0.190. The minimum atomic E-state index is 0. The van der Waals surface area contributed by atoms with Crippen molar-refractivity contribution in [3.8, 4) is 17.2 Å². The molecular weight excluding hydrogens is 375 g/mol. The Morgan fingerprint density at radius 2 is 2.12 bits per heavy atom. The lowest BCUT2D eigenvalue weighted by Gasteiger charge is -2.30. The maximum Gasteiger partial charge on any atom is 0.261 e. The monoisotopic (exact) mass is 398 g/mol. The third kappa shape index (κ3) is 4.14. The van der Waals surface area contributed by atoms with E-state index in [4.69, 9.17) is 20.9 Å². The first-order chi connectivity index (χ1) is 12.2. The Labute approximate surface area is 164 Å². The van der Waals surface area contributed by atoms with E-state index in [0.29, 0.717) is 16.7 Å². The predicted octanol–water partition coefficient (Wildman–Crippen LogP) is 3.71. The third-order valence-corrected chi connectivity index (χ3v) is 5.25. The fourth-order valence-corrected chi connectivity index (χ4v) is 3.70. The van der Waals surface area contributed by atoms with Gasteiger partial charge in [-0.25, -0.2) is 0 Å². The largest absolute Gasteiger partial charge is 0.490 e. The minimum absolute atomic E-state index is 0. The maximum atomic E-state index is 6.20. The molecule has 8 heteroatoms. The van der Waals surface area contributed by atoms with Crippen LogP contribution in [0.5, 0.6) is 5.75 Å². The van der Waals surface area contributed by atoms with E-state index in [1.54, 1.807) is 0 Å². The average Bonchev–Trinajstić information content (AvgIpc) is 3.29. The Morgan fingerprint density at radius 1 is 1.31 bits per heavy atom. The van der Waals surface area contributed by atoms with E-state index in [1.165, 1.54) is 12.8 Å². The van der Waals surface area contributed by atoms with Crippen molar-refractivity contribution >= 4 is 24.0 Å². The first kappa shape index (κ1) is 19.4. The molecule has 142 valence electrons. The number of likely N-dealkylation sites (N-methyl/N-ethyl adjacent to an activating group) is 1. The van der Waals surface area contributed by atoms with Crippen LogP contribution in [-0.2, 0) is 0 Å². The van der Waals surface area contributed by atoms with E-state index in [-0.39, 0.29) is 24.6 Å². The zero-order valence-corrected chi connectivity index (χ0v) is 16.4. The molecule has 2 heterocycles. The van der Waals surface area contributed by atoms with Crippen LogP contribution in [0.3, 0.4) is 0 Å². The molecule has 2 aliphatic rings. The summed E-state index contributed by atoms with van der Waals surface area (Å²) in [6.45, 7) is 2.75. The number of halogens is 2. The van der Waals surface area contributed by atoms with E-state index in [1.807, 2.05) is 18.2 Å². The highest BCUT2D eigenvalue weighted by Crippen LogP contribution is 2.35. The van der Waals surface area contributed by atoms with Crippen molar-refractivity contribution in [2.45, 2.75) is 37.8 Å². The van der Waals surface area contributed by atoms with Gasteiger partial charge in [0.2, 0.25) is 0 Å². The minimum Gasteiger partial charge on any atom is -0.490 e. The van der Waals surface area contributed by atoms with E-state index >= 15 is 0 Å². The van der Waals surface area contributed by atoms with Crippen molar-refractivity contribution < 1.29 is 9.26 Å². The summed E-state index contributed by atoms with van der Waals surface area (Å²) in [7, 11) is 2.08. The molecule has 1 aliphatic heterocycles. The van der Waals surface area contributed by atoms with Crippen LogP contribution < -0.4 is 10.1 Å². The first-order valence-corrected chi connectivity index (χ1v) is 9.29. The number of piperazine rings is 1. The predicted molar refractivity (Wildman–Crippen MR) is 103 cm³/mol. The molecule has 26 heavy (non-hydrogen) atoms. The lowest BCUT2D eigenvalue weighted by atomic mass is 10.1. The summed E-state index contributed by atoms with van der Waals surface area (Å²) in [5.74, 6) is 1.92. The van der Waals surface area contributed by atoms with Gasteiger partial charge in [-0.15, -0.1) is 12.4 Å². The second-order valence-corrected chi connectivity index (χ2v) is 7.26. The number of aromatic nitrogens is 2. The molecule has 0 radical (unpaired) electrons. The Hall–Kier alpha value is -1.34. The van der Waals surface area contributed by atoms with Gasteiger partial charge in [0, 0.05) is 24.7 Å².